The summed E-state index contributed by atoms with van der Waals surface area (Å²) in [7, 11) is 4.04. The average molecular weight is 225 g/mol. The second-order valence-corrected chi connectivity index (χ2v) is 4.75. The van der Waals surface area contributed by atoms with E-state index in [-0.39, 0.29) is 5.54 Å². The molecule has 0 aromatic heterocycles. The summed E-state index contributed by atoms with van der Waals surface area (Å²) in [5, 5.41) is 12.1. The van der Waals surface area contributed by atoms with Crippen LogP contribution in [0.15, 0.2) is 0 Å². The summed E-state index contributed by atoms with van der Waals surface area (Å²) in [6.07, 6.45) is 4.38. The highest BCUT2D eigenvalue weighted by Gasteiger charge is 2.20. The topological polar surface area (TPSA) is 39.1 Å². The zero-order valence-electron chi connectivity index (χ0n) is 11.5. The average Bonchev–Trinajstić information content (AvgIpc) is 2.30. The van der Waals surface area contributed by atoms with Gasteiger partial charge in [0.2, 0.25) is 0 Å². The van der Waals surface area contributed by atoms with Crippen LogP contribution in [-0.4, -0.2) is 37.1 Å². The number of nitriles is 1. The first kappa shape index (κ1) is 15.4. The lowest BCUT2D eigenvalue weighted by Gasteiger charge is -2.27. The number of rotatable bonds is 8. The maximum Gasteiger partial charge on any atom is 0.103 e. The van der Waals surface area contributed by atoms with Gasteiger partial charge in [-0.25, -0.2) is 0 Å². The van der Waals surface area contributed by atoms with Gasteiger partial charge in [-0.15, -0.1) is 0 Å². The minimum Gasteiger partial charge on any atom is -0.303 e. The smallest absolute Gasteiger partial charge is 0.103 e. The van der Waals surface area contributed by atoms with Crippen LogP contribution in [0.3, 0.4) is 0 Å². The van der Waals surface area contributed by atoms with Crippen LogP contribution in [-0.2, 0) is 0 Å². The molecule has 0 bridgehead atoms. The summed E-state index contributed by atoms with van der Waals surface area (Å²) in [5.74, 6) is 0. The largest absolute Gasteiger partial charge is 0.303 e. The maximum atomic E-state index is 9.03. The Kier molecular flexibility index (Phi) is 7.36. The van der Waals surface area contributed by atoms with Crippen LogP contribution in [0, 0.1) is 11.3 Å². The Balaban J connectivity index is 3.94. The molecule has 0 aliphatic carbocycles. The van der Waals surface area contributed by atoms with Crippen LogP contribution in [0.2, 0.25) is 0 Å². The van der Waals surface area contributed by atoms with E-state index >= 15 is 0 Å². The molecular formula is C13H27N3. The fourth-order valence-electron chi connectivity index (χ4n) is 2.01. The highest BCUT2D eigenvalue weighted by molar-refractivity contribution is 5.02. The Hall–Kier alpha value is -0.590. The zero-order chi connectivity index (χ0) is 12.6. The van der Waals surface area contributed by atoms with E-state index in [1.807, 2.05) is 14.0 Å². The van der Waals surface area contributed by atoms with Crippen molar-refractivity contribution in [2.75, 3.05) is 20.6 Å². The molecule has 94 valence electrons. The molecule has 0 aliphatic rings. The third-order valence-electron chi connectivity index (χ3n) is 3.55. The third kappa shape index (κ3) is 4.96. The Morgan fingerprint density at radius 3 is 2.31 bits per heavy atom. The van der Waals surface area contributed by atoms with Gasteiger partial charge >= 0.3 is 0 Å². The highest BCUT2D eigenvalue weighted by atomic mass is 15.1. The maximum absolute atomic E-state index is 9.03. The van der Waals surface area contributed by atoms with Gasteiger partial charge in [-0.3, -0.25) is 0 Å². The van der Waals surface area contributed by atoms with Crippen molar-refractivity contribution < 1.29 is 0 Å². The number of hydrogen-bond donors (Lipinski definition) is 1. The predicted octanol–water partition coefficient (Wildman–Crippen LogP) is 2.39. The lowest BCUT2D eigenvalue weighted by atomic mass is 9.97. The fraction of sp³-hybridized carbons (Fsp3) is 0.923. The number of hydrogen-bond acceptors (Lipinski definition) is 3. The monoisotopic (exact) mass is 225 g/mol. The van der Waals surface area contributed by atoms with Crippen molar-refractivity contribution >= 4 is 0 Å². The number of nitrogens with one attached hydrogen (secondary N) is 1. The molecule has 0 saturated carbocycles. The molecule has 0 saturated heterocycles. The summed E-state index contributed by atoms with van der Waals surface area (Å²) in [4.78, 5) is 2.41. The predicted molar refractivity (Wildman–Crippen MR) is 69.3 cm³/mol. The summed E-state index contributed by atoms with van der Waals surface area (Å²) >= 11 is 0. The van der Waals surface area contributed by atoms with E-state index < -0.39 is 0 Å². The first-order valence-corrected chi connectivity index (χ1v) is 6.33. The van der Waals surface area contributed by atoms with Gasteiger partial charge in [0.1, 0.15) is 5.54 Å². The van der Waals surface area contributed by atoms with Crippen LogP contribution in [0.5, 0.6) is 0 Å². The van der Waals surface area contributed by atoms with Gasteiger partial charge in [0, 0.05) is 6.04 Å². The van der Waals surface area contributed by atoms with E-state index in [0.29, 0.717) is 6.04 Å². The summed E-state index contributed by atoms with van der Waals surface area (Å²) < 4.78 is 0. The van der Waals surface area contributed by atoms with Crippen LogP contribution < -0.4 is 5.32 Å². The van der Waals surface area contributed by atoms with Crippen LogP contribution in [0.1, 0.15) is 46.5 Å². The summed E-state index contributed by atoms with van der Waals surface area (Å²) in [6, 6.07) is 3.01. The SMILES string of the molecule is CCC(CC)N(C)CCCC(C)(C#N)NC. The third-order valence-corrected chi connectivity index (χ3v) is 3.55. The molecule has 16 heavy (non-hydrogen) atoms. The first-order chi connectivity index (χ1) is 7.52. The Morgan fingerprint density at radius 1 is 1.38 bits per heavy atom. The summed E-state index contributed by atoms with van der Waals surface area (Å²) in [5.41, 5.74) is -0.366. The molecule has 0 aliphatic heterocycles. The molecule has 0 radical (unpaired) electrons. The van der Waals surface area contributed by atoms with Gasteiger partial charge in [-0.05, 0) is 53.2 Å². The molecule has 1 unspecified atom stereocenters. The Morgan fingerprint density at radius 2 is 1.94 bits per heavy atom. The van der Waals surface area contributed by atoms with E-state index in [1.165, 1.54) is 12.8 Å². The van der Waals surface area contributed by atoms with Crippen molar-refractivity contribution in [3.63, 3.8) is 0 Å². The summed E-state index contributed by atoms with van der Waals surface area (Å²) in [6.45, 7) is 7.50. The molecule has 0 aromatic rings. The van der Waals surface area contributed by atoms with Gasteiger partial charge in [-0.2, -0.15) is 5.26 Å². The molecule has 0 fully saturated rings. The fourth-order valence-corrected chi connectivity index (χ4v) is 2.01. The van der Waals surface area contributed by atoms with E-state index in [0.717, 1.165) is 19.4 Å². The van der Waals surface area contributed by atoms with Gasteiger partial charge < -0.3 is 10.2 Å². The van der Waals surface area contributed by atoms with Crippen molar-refractivity contribution in [2.24, 2.45) is 0 Å². The quantitative estimate of drug-likeness (QED) is 0.689. The molecule has 1 atom stereocenters. The second kappa shape index (κ2) is 7.65. The van der Waals surface area contributed by atoms with Gasteiger partial charge in [0.25, 0.3) is 0 Å². The second-order valence-electron chi connectivity index (χ2n) is 4.75. The van der Waals surface area contributed by atoms with Crippen LogP contribution in [0.4, 0.5) is 0 Å². The Labute approximate surface area is 101 Å². The molecule has 1 N–H and O–H groups in total. The minimum atomic E-state index is -0.366. The van der Waals surface area contributed by atoms with Crippen molar-refractivity contribution in [3.8, 4) is 6.07 Å². The van der Waals surface area contributed by atoms with Gasteiger partial charge in [-0.1, -0.05) is 13.8 Å². The van der Waals surface area contributed by atoms with Crippen molar-refractivity contribution in [1.82, 2.24) is 10.2 Å². The number of nitrogens with zero attached hydrogens (tertiary/aromatic N) is 2. The van der Waals surface area contributed by atoms with E-state index in [2.05, 4.69) is 37.2 Å². The normalized spacial score (nSPS) is 15.1. The van der Waals surface area contributed by atoms with Crippen molar-refractivity contribution in [2.45, 2.75) is 58.0 Å². The van der Waals surface area contributed by atoms with E-state index in [9.17, 15) is 0 Å². The van der Waals surface area contributed by atoms with Crippen LogP contribution in [0.25, 0.3) is 0 Å². The molecule has 3 heteroatoms. The van der Waals surface area contributed by atoms with Crippen molar-refractivity contribution in [1.29, 1.82) is 5.26 Å². The highest BCUT2D eigenvalue weighted by Crippen LogP contribution is 2.13. The molecule has 0 spiro atoms. The lowest BCUT2D eigenvalue weighted by molar-refractivity contribution is 0.220. The van der Waals surface area contributed by atoms with Gasteiger partial charge in [0.05, 0.1) is 6.07 Å². The molecule has 0 rings (SSSR count). The molecule has 0 heterocycles. The van der Waals surface area contributed by atoms with Crippen LogP contribution >= 0.6 is 0 Å². The first-order valence-electron chi connectivity index (χ1n) is 6.33. The Bertz CT molecular complexity index is 218. The standard InChI is InChI=1S/C13H27N3/c1-6-12(7-2)16(5)10-8-9-13(3,11-14)15-4/h12,15H,6-10H2,1-5H3. The van der Waals surface area contributed by atoms with E-state index in [4.69, 9.17) is 5.26 Å². The van der Waals surface area contributed by atoms with E-state index in [1.54, 1.807) is 0 Å². The molecule has 0 aromatic carbocycles. The van der Waals surface area contributed by atoms with Crippen molar-refractivity contribution in [3.05, 3.63) is 0 Å². The molecule has 3 nitrogen and oxygen atoms in total. The lowest BCUT2D eigenvalue weighted by Crippen LogP contribution is -2.39. The molecular weight excluding hydrogens is 198 g/mol. The zero-order valence-corrected chi connectivity index (χ0v) is 11.5. The molecule has 0 amide bonds. The van der Waals surface area contributed by atoms with Gasteiger partial charge in [0.15, 0.2) is 0 Å². The minimum absolute atomic E-state index is 0.366.